The van der Waals surface area contributed by atoms with E-state index in [4.69, 9.17) is 4.74 Å². The van der Waals surface area contributed by atoms with Crippen LogP contribution in [0.5, 0.6) is 0 Å². The molecule has 0 bridgehead atoms. The number of ether oxygens (including phenoxy) is 1. The first-order valence-electron chi connectivity index (χ1n) is 11.3. The van der Waals surface area contributed by atoms with Gasteiger partial charge in [-0.15, -0.1) is 0 Å². The first-order chi connectivity index (χ1) is 16.2. The monoisotopic (exact) mass is 472 g/mol. The zero-order chi connectivity index (χ0) is 24.3. The molecule has 4 nitrogen and oxygen atoms in total. The lowest BCUT2D eigenvalue weighted by Crippen LogP contribution is -2.24. The number of carbonyl (C=O) groups is 1. The maximum atomic E-state index is 13.6. The number of hydrogen-bond acceptors (Lipinski definition) is 4. The number of esters is 1. The van der Waals surface area contributed by atoms with Gasteiger partial charge in [0.15, 0.2) is 0 Å². The molecule has 0 spiro atoms. The van der Waals surface area contributed by atoms with E-state index < -0.39 is 9.84 Å². The molecule has 0 atom stereocenters. The van der Waals surface area contributed by atoms with Gasteiger partial charge in [-0.2, -0.15) is 0 Å². The molecule has 0 radical (unpaired) electrons. The van der Waals surface area contributed by atoms with Gasteiger partial charge in [-0.1, -0.05) is 80.6 Å². The second kappa shape index (κ2) is 9.43. The van der Waals surface area contributed by atoms with Crippen molar-refractivity contribution in [3.8, 4) is 0 Å². The van der Waals surface area contributed by atoms with E-state index in [9.17, 15) is 13.2 Å². The van der Waals surface area contributed by atoms with E-state index in [1.807, 2.05) is 54.6 Å². The summed E-state index contributed by atoms with van der Waals surface area (Å²) in [5, 5.41) is 0. The number of fused-ring (bicyclic) bond motifs is 1. The Labute approximate surface area is 201 Å². The van der Waals surface area contributed by atoms with Crippen molar-refractivity contribution < 1.29 is 17.9 Å². The molecular formula is C29H28O4S. The lowest BCUT2D eigenvalue weighted by atomic mass is 9.74. The van der Waals surface area contributed by atoms with Crippen molar-refractivity contribution >= 4 is 32.9 Å². The molecule has 0 amide bonds. The van der Waals surface area contributed by atoms with Crippen molar-refractivity contribution in [1.82, 2.24) is 0 Å². The summed E-state index contributed by atoms with van der Waals surface area (Å²) in [7, 11) is -3.68. The summed E-state index contributed by atoms with van der Waals surface area (Å²) in [6, 6.07) is 21.7. The van der Waals surface area contributed by atoms with Crippen LogP contribution in [0.25, 0.3) is 17.1 Å². The van der Waals surface area contributed by atoms with Gasteiger partial charge in [0.25, 0.3) is 0 Å². The molecule has 0 fully saturated rings. The van der Waals surface area contributed by atoms with Crippen LogP contribution >= 0.6 is 0 Å². The summed E-state index contributed by atoms with van der Waals surface area (Å²) in [6.45, 7) is 6.38. The van der Waals surface area contributed by atoms with Crippen molar-refractivity contribution in [2.45, 2.75) is 37.5 Å². The average Bonchev–Trinajstić information content (AvgIpc) is 2.83. The summed E-state index contributed by atoms with van der Waals surface area (Å²) in [5.74, 6) is -0.349. The van der Waals surface area contributed by atoms with Gasteiger partial charge in [0.2, 0.25) is 9.84 Å². The lowest BCUT2D eigenvalue weighted by Gasteiger charge is -2.33. The van der Waals surface area contributed by atoms with Gasteiger partial charge in [-0.25, -0.2) is 13.2 Å². The molecule has 3 aromatic carbocycles. The van der Waals surface area contributed by atoms with Crippen LogP contribution in [0.1, 0.15) is 59.8 Å². The van der Waals surface area contributed by atoms with Crippen LogP contribution in [0.3, 0.4) is 0 Å². The van der Waals surface area contributed by atoms with E-state index >= 15 is 0 Å². The van der Waals surface area contributed by atoms with Crippen LogP contribution in [0, 0.1) is 0 Å². The summed E-state index contributed by atoms with van der Waals surface area (Å²) < 4.78 is 32.3. The van der Waals surface area contributed by atoms with Crippen LogP contribution in [-0.2, 0) is 20.0 Å². The van der Waals surface area contributed by atoms with Crippen molar-refractivity contribution in [2.75, 3.05) is 6.61 Å². The smallest absolute Gasteiger partial charge is 0.338 e. The van der Waals surface area contributed by atoms with Crippen LogP contribution < -0.4 is 0 Å². The maximum Gasteiger partial charge on any atom is 0.338 e. The van der Waals surface area contributed by atoms with Gasteiger partial charge < -0.3 is 4.74 Å². The van der Waals surface area contributed by atoms with Gasteiger partial charge >= 0.3 is 5.97 Å². The van der Waals surface area contributed by atoms with Crippen LogP contribution in [0.2, 0.25) is 0 Å². The predicted octanol–water partition coefficient (Wildman–Crippen LogP) is 6.53. The standard InChI is InChI=1S/C29H28O4S/c1-4-33-28(30)23-17-14-21(15-18-23)13-16-22-9-8-12-25-27(22)26(19-20-29(25,2)3)34(31,32)24-10-6-5-7-11-24/h5-19H,4,20H2,1-3H3. The summed E-state index contributed by atoms with van der Waals surface area (Å²) in [5.41, 5.74) is 3.82. The molecule has 0 aromatic heterocycles. The van der Waals surface area contributed by atoms with Gasteiger partial charge in [-0.05, 0) is 59.7 Å². The maximum absolute atomic E-state index is 13.6. The molecule has 1 aliphatic carbocycles. The third-order valence-corrected chi connectivity index (χ3v) is 7.93. The average molecular weight is 473 g/mol. The van der Waals surface area contributed by atoms with Crippen molar-refractivity contribution in [2.24, 2.45) is 0 Å². The topological polar surface area (TPSA) is 60.4 Å². The second-order valence-corrected chi connectivity index (χ2v) is 10.8. The van der Waals surface area contributed by atoms with Gasteiger partial charge in [-0.3, -0.25) is 0 Å². The molecule has 4 rings (SSSR count). The SMILES string of the molecule is CCOC(=O)c1ccc(C=Cc2cccc3c2C(S(=O)(=O)c2ccccc2)=CCC3(C)C)cc1. The highest BCUT2D eigenvalue weighted by Crippen LogP contribution is 2.44. The minimum Gasteiger partial charge on any atom is -0.462 e. The number of hydrogen-bond donors (Lipinski definition) is 0. The van der Waals surface area contributed by atoms with E-state index in [1.54, 1.807) is 43.3 Å². The van der Waals surface area contributed by atoms with E-state index in [1.165, 1.54) is 0 Å². The number of rotatable bonds is 6. The molecule has 0 unspecified atom stereocenters. The summed E-state index contributed by atoms with van der Waals surface area (Å²) in [4.78, 5) is 12.5. The molecule has 0 aliphatic heterocycles. The Morgan fingerprint density at radius 1 is 0.941 bits per heavy atom. The second-order valence-electron chi connectivity index (χ2n) is 8.92. The fourth-order valence-electron chi connectivity index (χ4n) is 4.21. The van der Waals surface area contributed by atoms with Gasteiger partial charge in [0.05, 0.1) is 22.0 Å². The fourth-order valence-corrected chi connectivity index (χ4v) is 5.78. The first kappa shape index (κ1) is 23.7. The minimum absolute atomic E-state index is 0.184. The number of benzene rings is 3. The van der Waals surface area contributed by atoms with Crippen LogP contribution in [0.4, 0.5) is 0 Å². The van der Waals surface area contributed by atoms with Crippen molar-refractivity contribution in [3.63, 3.8) is 0 Å². The molecular weight excluding hydrogens is 444 g/mol. The third kappa shape index (κ3) is 4.62. The third-order valence-electron chi connectivity index (χ3n) is 6.09. The molecule has 0 N–H and O–H groups in total. The highest BCUT2D eigenvalue weighted by molar-refractivity contribution is 8.00. The van der Waals surface area contributed by atoms with E-state index in [-0.39, 0.29) is 11.4 Å². The summed E-state index contributed by atoms with van der Waals surface area (Å²) in [6.07, 6.45) is 6.37. The number of sulfone groups is 1. The Balaban J connectivity index is 1.76. The van der Waals surface area contributed by atoms with Crippen molar-refractivity contribution in [1.29, 1.82) is 0 Å². The Bertz CT molecular complexity index is 1360. The Hall–Kier alpha value is -3.44. The molecule has 0 heterocycles. The molecule has 1 aliphatic rings. The van der Waals surface area contributed by atoms with E-state index in [0.717, 1.165) is 22.3 Å². The molecule has 0 saturated heterocycles. The molecule has 34 heavy (non-hydrogen) atoms. The van der Waals surface area contributed by atoms with Crippen molar-refractivity contribution in [3.05, 3.63) is 107 Å². The molecule has 174 valence electrons. The normalized spacial score (nSPS) is 15.0. The molecule has 5 heteroatoms. The van der Waals surface area contributed by atoms with Gasteiger partial charge in [0.1, 0.15) is 0 Å². The number of carbonyl (C=O) groups excluding carboxylic acids is 1. The first-order valence-corrected chi connectivity index (χ1v) is 12.8. The van der Waals surface area contributed by atoms with Gasteiger partial charge in [0, 0.05) is 5.56 Å². The molecule has 0 saturated carbocycles. The Morgan fingerprint density at radius 2 is 1.65 bits per heavy atom. The van der Waals surface area contributed by atoms with E-state index in [2.05, 4.69) is 13.8 Å². The Kier molecular flexibility index (Phi) is 6.58. The van der Waals surface area contributed by atoms with Crippen LogP contribution in [-0.4, -0.2) is 21.0 Å². The quantitative estimate of drug-likeness (QED) is 0.302. The summed E-state index contributed by atoms with van der Waals surface area (Å²) >= 11 is 0. The highest BCUT2D eigenvalue weighted by Gasteiger charge is 2.34. The molecule has 3 aromatic rings. The Morgan fingerprint density at radius 3 is 2.32 bits per heavy atom. The van der Waals surface area contributed by atoms with Crippen LogP contribution in [0.15, 0.2) is 83.8 Å². The van der Waals surface area contributed by atoms with E-state index in [0.29, 0.717) is 28.4 Å². The largest absolute Gasteiger partial charge is 0.462 e. The zero-order valence-corrected chi connectivity index (χ0v) is 20.4. The lowest BCUT2D eigenvalue weighted by molar-refractivity contribution is 0.0526. The fraction of sp³-hybridized carbons (Fsp3) is 0.207. The minimum atomic E-state index is -3.68. The zero-order valence-electron chi connectivity index (χ0n) is 19.6. The highest BCUT2D eigenvalue weighted by atomic mass is 32.2. The number of allylic oxidation sites excluding steroid dienone is 1. The predicted molar refractivity (Wildman–Crippen MR) is 137 cm³/mol.